The number of phenolic OH excluding ortho intramolecular Hbond substituents is 1. The van der Waals surface area contributed by atoms with E-state index in [4.69, 9.17) is 5.73 Å². The lowest BCUT2D eigenvalue weighted by Crippen LogP contribution is -2.39. The van der Waals surface area contributed by atoms with Crippen molar-refractivity contribution < 1.29 is 5.11 Å². The first-order valence-corrected chi connectivity index (χ1v) is 5.31. The minimum Gasteiger partial charge on any atom is -0.508 e. The molecule has 14 heavy (non-hydrogen) atoms. The van der Waals surface area contributed by atoms with Gasteiger partial charge < -0.3 is 10.8 Å². The normalized spacial score (nSPS) is 27.4. The highest BCUT2D eigenvalue weighted by Crippen LogP contribution is 2.57. The minimum absolute atomic E-state index is 0.138. The van der Waals surface area contributed by atoms with Crippen molar-refractivity contribution in [2.75, 3.05) is 0 Å². The molecular formula is C12H15NO. The van der Waals surface area contributed by atoms with E-state index in [1.165, 1.54) is 5.56 Å². The Bertz CT molecular complexity index is 382. The number of nitrogens with two attached hydrogens (primary N) is 1. The van der Waals surface area contributed by atoms with Crippen LogP contribution in [-0.4, -0.2) is 11.1 Å². The average Bonchev–Trinajstić information content (AvgIpc) is 2.94. The lowest BCUT2D eigenvalue weighted by molar-refractivity contribution is 0.410. The number of fused-ring (bicyclic) bond motifs is 2. The fourth-order valence-corrected chi connectivity index (χ4v) is 2.90. The van der Waals surface area contributed by atoms with Crippen LogP contribution in [0, 0.1) is 0 Å². The number of aromatic hydroxyl groups is 1. The van der Waals surface area contributed by atoms with Crippen molar-refractivity contribution in [2.45, 2.75) is 37.1 Å². The SMILES string of the molecule is NC1CCc2cccc(O)c2C12CC2. The van der Waals surface area contributed by atoms with Crippen LogP contribution in [0.3, 0.4) is 0 Å². The van der Waals surface area contributed by atoms with Crippen molar-refractivity contribution in [3.05, 3.63) is 29.3 Å². The summed E-state index contributed by atoms with van der Waals surface area (Å²) in [5.41, 5.74) is 8.75. The first-order valence-electron chi connectivity index (χ1n) is 5.31. The van der Waals surface area contributed by atoms with Gasteiger partial charge in [0.15, 0.2) is 0 Å². The summed E-state index contributed by atoms with van der Waals surface area (Å²) < 4.78 is 0. The molecule has 0 aliphatic heterocycles. The molecule has 2 aliphatic carbocycles. The van der Waals surface area contributed by atoms with Gasteiger partial charge in [-0.1, -0.05) is 12.1 Å². The van der Waals surface area contributed by atoms with Gasteiger partial charge in [0, 0.05) is 17.0 Å². The Kier molecular flexibility index (Phi) is 1.49. The average molecular weight is 189 g/mol. The van der Waals surface area contributed by atoms with E-state index in [0.717, 1.165) is 31.2 Å². The summed E-state index contributed by atoms with van der Waals surface area (Å²) in [7, 11) is 0. The number of rotatable bonds is 0. The Hall–Kier alpha value is -1.02. The summed E-state index contributed by atoms with van der Waals surface area (Å²) in [5, 5.41) is 9.89. The first kappa shape index (κ1) is 8.30. The van der Waals surface area contributed by atoms with E-state index in [1.807, 2.05) is 6.07 Å². The van der Waals surface area contributed by atoms with Gasteiger partial charge in [-0.3, -0.25) is 0 Å². The fraction of sp³-hybridized carbons (Fsp3) is 0.500. The predicted octanol–water partition coefficient (Wildman–Crippen LogP) is 1.70. The number of aryl methyl sites for hydroxylation is 1. The van der Waals surface area contributed by atoms with Crippen molar-refractivity contribution in [3.63, 3.8) is 0 Å². The van der Waals surface area contributed by atoms with Gasteiger partial charge in [-0.15, -0.1) is 0 Å². The summed E-state index contributed by atoms with van der Waals surface area (Å²) in [6.45, 7) is 0. The third-order valence-electron chi connectivity index (χ3n) is 3.85. The molecule has 0 aromatic heterocycles. The van der Waals surface area contributed by atoms with Crippen molar-refractivity contribution in [1.29, 1.82) is 0 Å². The van der Waals surface area contributed by atoms with Gasteiger partial charge in [0.25, 0.3) is 0 Å². The van der Waals surface area contributed by atoms with Crippen LogP contribution in [0.15, 0.2) is 18.2 Å². The molecule has 1 unspecified atom stereocenters. The number of phenols is 1. The summed E-state index contributed by atoms with van der Waals surface area (Å²) in [6.07, 6.45) is 4.39. The van der Waals surface area contributed by atoms with E-state index < -0.39 is 0 Å². The minimum atomic E-state index is 0.138. The Morgan fingerprint density at radius 3 is 2.86 bits per heavy atom. The largest absolute Gasteiger partial charge is 0.508 e. The maximum absolute atomic E-state index is 9.89. The van der Waals surface area contributed by atoms with Crippen LogP contribution in [-0.2, 0) is 11.8 Å². The van der Waals surface area contributed by atoms with Crippen LogP contribution in [0.2, 0.25) is 0 Å². The second kappa shape index (κ2) is 2.51. The maximum Gasteiger partial charge on any atom is 0.119 e. The molecule has 2 heteroatoms. The molecule has 0 heterocycles. The monoisotopic (exact) mass is 189 g/mol. The Labute approximate surface area is 83.7 Å². The molecule has 3 N–H and O–H groups in total. The van der Waals surface area contributed by atoms with Crippen molar-refractivity contribution in [3.8, 4) is 5.75 Å². The van der Waals surface area contributed by atoms with E-state index in [9.17, 15) is 5.11 Å². The molecule has 3 rings (SSSR count). The predicted molar refractivity (Wildman–Crippen MR) is 55.3 cm³/mol. The Balaban J connectivity index is 2.21. The molecule has 0 bridgehead atoms. The topological polar surface area (TPSA) is 46.2 Å². The van der Waals surface area contributed by atoms with E-state index in [2.05, 4.69) is 6.07 Å². The van der Waals surface area contributed by atoms with Crippen molar-refractivity contribution in [2.24, 2.45) is 5.73 Å². The molecule has 1 saturated carbocycles. The molecule has 0 amide bonds. The van der Waals surface area contributed by atoms with Gasteiger partial charge >= 0.3 is 0 Å². The first-order chi connectivity index (χ1) is 6.74. The lowest BCUT2D eigenvalue weighted by Gasteiger charge is -2.31. The highest BCUT2D eigenvalue weighted by molar-refractivity contribution is 5.51. The highest BCUT2D eigenvalue weighted by atomic mass is 16.3. The van der Waals surface area contributed by atoms with Crippen molar-refractivity contribution in [1.82, 2.24) is 0 Å². The van der Waals surface area contributed by atoms with Gasteiger partial charge in [-0.2, -0.15) is 0 Å². The van der Waals surface area contributed by atoms with E-state index >= 15 is 0 Å². The molecule has 2 nitrogen and oxygen atoms in total. The van der Waals surface area contributed by atoms with Crippen molar-refractivity contribution >= 4 is 0 Å². The standard InChI is InChI=1S/C12H15NO/c13-10-5-4-8-2-1-3-9(14)11(8)12(10)6-7-12/h1-3,10,14H,4-7,13H2. The van der Waals surface area contributed by atoms with Gasteiger partial charge in [-0.25, -0.2) is 0 Å². The summed E-state index contributed by atoms with van der Waals surface area (Å²) >= 11 is 0. The van der Waals surface area contributed by atoms with E-state index in [1.54, 1.807) is 6.07 Å². The summed E-state index contributed by atoms with van der Waals surface area (Å²) in [4.78, 5) is 0. The smallest absolute Gasteiger partial charge is 0.119 e. The second-order valence-corrected chi connectivity index (χ2v) is 4.61. The molecule has 1 aromatic rings. The van der Waals surface area contributed by atoms with Crippen LogP contribution >= 0.6 is 0 Å². The third-order valence-corrected chi connectivity index (χ3v) is 3.85. The molecule has 0 radical (unpaired) electrons. The van der Waals surface area contributed by atoms with Gasteiger partial charge in [0.1, 0.15) is 5.75 Å². The summed E-state index contributed by atoms with van der Waals surface area (Å²) in [5.74, 6) is 0.454. The number of benzene rings is 1. The molecule has 1 atom stereocenters. The maximum atomic E-state index is 9.89. The van der Waals surface area contributed by atoms with Crippen LogP contribution in [0.25, 0.3) is 0 Å². The molecule has 0 saturated heterocycles. The zero-order valence-electron chi connectivity index (χ0n) is 8.16. The van der Waals surface area contributed by atoms with Crippen LogP contribution in [0.4, 0.5) is 0 Å². The van der Waals surface area contributed by atoms with E-state index in [-0.39, 0.29) is 11.5 Å². The molecule has 2 aliphatic rings. The highest BCUT2D eigenvalue weighted by Gasteiger charge is 2.53. The van der Waals surface area contributed by atoms with Gasteiger partial charge in [-0.05, 0) is 37.3 Å². The van der Waals surface area contributed by atoms with Gasteiger partial charge in [0.2, 0.25) is 0 Å². The molecule has 1 fully saturated rings. The quantitative estimate of drug-likeness (QED) is 0.652. The Morgan fingerprint density at radius 1 is 1.36 bits per heavy atom. The van der Waals surface area contributed by atoms with E-state index in [0.29, 0.717) is 5.75 Å². The number of hydrogen-bond donors (Lipinski definition) is 2. The lowest BCUT2D eigenvalue weighted by atomic mass is 9.76. The molecule has 1 spiro atoms. The fourth-order valence-electron chi connectivity index (χ4n) is 2.90. The Morgan fingerprint density at radius 2 is 2.14 bits per heavy atom. The molecule has 74 valence electrons. The van der Waals surface area contributed by atoms with Crippen LogP contribution in [0.5, 0.6) is 5.75 Å². The summed E-state index contributed by atoms with van der Waals surface area (Å²) in [6, 6.07) is 6.10. The molecule has 1 aromatic carbocycles. The molecular weight excluding hydrogens is 174 g/mol. The van der Waals surface area contributed by atoms with Crippen LogP contribution in [0.1, 0.15) is 30.4 Å². The van der Waals surface area contributed by atoms with Gasteiger partial charge in [0.05, 0.1) is 0 Å². The zero-order valence-corrected chi connectivity index (χ0v) is 8.16. The van der Waals surface area contributed by atoms with Crippen LogP contribution < -0.4 is 5.73 Å². The number of hydrogen-bond acceptors (Lipinski definition) is 2. The third kappa shape index (κ3) is 0.894. The zero-order chi connectivity index (χ0) is 9.76. The second-order valence-electron chi connectivity index (χ2n) is 4.61.